The highest BCUT2D eigenvalue weighted by Crippen LogP contribution is 2.32. The van der Waals surface area contributed by atoms with Gasteiger partial charge in [-0.2, -0.15) is 0 Å². The molecule has 112 valence electrons. The van der Waals surface area contributed by atoms with Gasteiger partial charge in [0.2, 0.25) is 0 Å². The number of halogens is 4. The van der Waals surface area contributed by atoms with Crippen LogP contribution in [-0.2, 0) is 0 Å². The fourth-order valence-corrected chi connectivity index (χ4v) is 2.36. The summed E-state index contributed by atoms with van der Waals surface area (Å²) in [6.45, 7) is -0.128. The molecule has 0 aliphatic rings. The van der Waals surface area contributed by atoms with Crippen LogP contribution in [0.25, 0.3) is 0 Å². The van der Waals surface area contributed by atoms with Crippen LogP contribution < -0.4 is 0 Å². The van der Waals surface area contributed by atoms with Crippen LogP contribution >= 0.6 is 0 Å². The molecule has 0 fully saturated rings. The van der Waals surface area contributed by atoms with Crippen LogP contribution in [0.1, 0.15) is 29.9 Å². The highest BCUT2D eigenvalue weighted by atomic mass is 19.1. The topological polar surface area (TPSA) is 20.2 Å². The predicted molar refractivity (Wildman–Crippen MR) is 70.9 cm³/mol. The first-order chi connectivity index (χ1) is 10.0. The van der Waals surface area contributed by atoms with E-state index in [0.717, 1.165) is 30.3 Å². The Balaban J connectivity index is 2.46. The fourth-order valence-electron chi connectivity index (χ4n) is 2.36. The lowest BCUT2D eigenvalue weighted by Gasteiger charge is -2.18. The van der Waals surface area contributed by atoms with Crippen molar-refractivity contribution in [1.82, 2.24) is 0 Å². The van der Waals surface area contributed by atoms with Gasteiger partial charge in [-0.05, 0) is 42.2 Å². The summed E-state index contributed by atoms with van der Waals surface area (Å²) in [5.41, 5.74) is 0.404. The molecular formula is C16H14F4O. The second-order valence-electron chi connectivity index (χ2n) is 4.79. The van der Waals surface area contributed by atoms with E-state index in [-0.39, 0.29) is 17.7 Å². The van der Waals surface area contributed by atoms with Crippen molar-refractivity contribution in [2.45, 2.75) is 18.8 Å². The Labute approximate surface area is 119 Å². The average molecular weight is 298 g/mol. The van der Waals surface area contributed by atoms with Gasteiger partial charge < -0.3 is 5.11 Å². The van der Waals surface area contributed by atoms with Gasteiger partial charge in [-0.1, -0.05) is 6.07 Å². The van der Waals surface area contributed by atoms with Gasteiger partial charge in [-0.15, -0.1) is 0 Å². The minimum Gasteiger partial charge on any atom is -0.396 e. The monoisotopic (exact) mass is 298 g/mol. The van der Waals surface area contributed by atoms with Crippen molar-refractivity contribution in [3.05, 3.63) is 70.8 Å². The zero-order valence-corrected chi connectivity index (χ0v) is 11.1. The molecule has 1 N–H and O–H groups in total. The highest BCUT2D eigenvalue weighted by molar-refractivity contribution is 5.34. The van der Waals surface area contributed by atoms with E-state index in [1.807, 2.05) is 0 Å². The van der Waals surface area contributed by atoms with E-state index >= 15 is 0 Å². The smallest absolute Gasteiger partial charge is 0.129 e. The van der Waals surface area contributed by atoms with Gasteiger partial charge in [-0.25, -0.2) is 17.6 Å². The van der Waals surface area contributed by atoms with E-state index in [1.54, 1.807) is 0 Å². The van der Waals surface area contributed by atoms with Gasteiger partial charge in [0.1, 0.15) is 23.3 Å². The molecule has 1 atom stereocenters. The summed E-state index contributed by atoms with van der Waals surface area (Å²) in [7, 11) is 0. The minimum atomic E-state index is -0.775. The van der Waals surface area contributed by atoms with Crippen molar-refractivity contribution >= 4 is 0 Å². The fraction of sp³-hybridized carbons (Fsp3) is 0.250. The number of aliphatic hydroxyl groups excluding tert-OH is 1. The maximum absolute atomic E-state index is 13.9. The summed E-state index contributed by atoms with van der Waals surface area (Å²) in [6.07, 6.45) is 0.627. The third-order valence-corrected chi connectivity index (χ3v) is 3.28. The lowest BCUT2D eigenvalue weighted by molar-refractivity contribution is 0.281. The zero-order valence-electron chi connectivity index (χ0n) is 11.1. The molecule has 0 radical (unpaired) electrons. The van der Waals surface area contributed by atoms with E-state index < -0.39 is 29.2 Å². The van der Waals surface area contributed by atoms with E-state index in [0.29, 0.717) is 12.8 Å². The molecule has 2 rings (SSSR count). The van der Waals surface area contributed by atoms with Crippen molar-refractivity contribution < 1.29 is 22.7 Å². The first-order valence-corrected chi connectivity index (χ1v) is 6.53. The SMILES string of the molecule is OCCCC(c1cc(F)cc(F)c1)c1ccc(F)cc1F. The third-order valence-electron chi connectivity index (χ3n) is 3.28. The lowest BCUT2D eigenvalue weighted by atomic mass is 9.87. The molecule has 0 saturated carbocycles. The molecule has 0 amide bonds. The first-order valence-electron chi connectivity index (χ1n) is 6.53. The van der Waals surface area contributed by atoms with Crippen LogP contribution in [0.5, 0.6) is 0 Å². The standard InChI is InChI=1S/C16H14F4O/c17-11-3-4-15(16(20)9-11)14(2-1-5-21)10-6-12(18)8-13(19)7-10/h3-4,6-9,14,21H,1-2,5H2. The number of hydrogen-bond donors (Lipinski definition) is 1. The minimum absolute atomic E-state index is 0.128. The molecular weight excluding hydrogens is 284 g/mol. The quantitative estimate of drug-likeness (QED) is 0.822. The molecule has 5 heteroatoms. The summed E-state index contributed by atoms with van der Waals surface area (Å²) in [5.74, 6) is -3.67. The normalized spacial score (nSPS) is 12.4. The van der Waals surface area contributed by atoms with Crippen LogP contribution in [-0.4, -0.2) is 11.7 Å². The Hall–Kier alpha value is -1.88. The van der Waals surface area contributed by atoms with Crippen LogP contribution in [0.15, 0.2) is 36.4 Å². The lowest BCUT2D eigenvalue weighted by Crippen LogP contribution is -2.06. The second kappa shape index (κ2) is 6.72. The maximum atomic E-state index is 13.9. The molecule has 0 aliphatic heterocycles. The summed E-state index contributed by atoms with van der Waals surface area (Å²) >= 11 is 0. The van der Waals surface area contributed by atoms with E-state index in [1.165, 1.54) is 6.07 Å². The number of hydrogen-bond acceptors (Lipinski definition) is 1. The Morgan fingerprint density at radius 3 is 2.10 bits per heavy atom. The average Bonchev–Trinajstić information content (AvgIpc) is 2.40. The van der Waals surface area contributed by atoms with E-state index in [9.17, 15) is 17.6 Å². The molecule has 0 saturated heterocycles. The van der Waals surface area contributed by atoms with Crippen molar-refractivity contribution in [3.8, 4) is 0 Å². The third kappa shape index (κ3) is 3.82. The van der Waals surface area contributed by atoms with Crippen molar-refractivity contribution in [2.24, 2.45) is 0 Å². The maximum Gasteiger partial charge on any atom is 0.129 e. The Morgan fingerprint density at radius 1 is 0.857 bits per heavy atom. The van der Waals surface area contributed by atoms with Gasteiger partial charge in [-0.3, -0.25) is 0 Å². The molecule has 0 aromatic heterocycles. The Bertz CT molecular complexity index is 607. The van der Waals surface area contributed by atoms with Gasteiger partial charge in [0.15, 0.2) is 0 Å². The summed E-state index contributed by atoms with van der Waals surface area (Å²) < 4.78 is 53.6. The zero-order chi connectivity index (χ0) is 15.4. The van der Waals surface area contributed by atoms with Crippen molar-refractivity contribution in [3.63, 3.8) is 0 Å². The molecule has 0 spiro atoms. The van der Waals surface area contributed by atoms with Crippen LogP contribution in [0.3, 0.4) is 0 Å². The van der Waals surface area contributed by atoms with Gasteiger partial charge >= 0.3 is 0 Å². The molecule has 2 aromatic rings. The van der Waals surface area contributed by atoms with Crippen LogP contribution in [0.2, 0.25) is 0 Å². The Morgan fingerprint density at radius 2 is 1.52 bits per heavy atom. The van der Waals surface area contributed by atoms with Crippen molar-refractivity contribution in [2.75, 3.05) is 6.61 Å². The van der Waals surface area contributed by atoms with E-state index in [2.05, 4.69) is 0 Å². The molecule has 2 aromatic carbocycles. The number of rotatable bonds is 5. The second-order valence-corrected chi connectivity index (χ2v) is 4.79. The van der Waals surface area contributed by atoms with Crippen LogP contribution in [0, 0.1) is 23.3 Å². The molecule has 0 bridgehead atoms. The molecule has 0 heterocycles. The van der Waals surface area contributed by atoms with Gasteiger partial charge in [0, 0.05) is 24.7 Å². The van der Waals surface area contributed by atoms with E-state index in [4.69, 9.17) is 5.11 Å². The van der Waals surface area contributed by atoms with Crippen molar-refractivity contribution in [1.29, 1.82) is 0 Å². The van der Waals surface area contributed by atoms with Gasteiger partial charge in [0.05, 0.1) is 0 Å². The first kappa shape index (κ1) is 15.5. The summed E-state index contributed by atoms with van der Waals surface area (Å²) in [5, 5.41) is 8.93. The Kier molecular flexibility index (Phi) is 4.96. The molecule has 1 nitrogen and oxygen atoms in total. The van der Waals surface area contributed by atoms with Gasteiger partial charge in [0.25, 0.3) is 0 Å². The molecule has 21 heavy (non-hydrogen) atoms. The number of benzene rings is 2. The molecule has 1 unspecified atom stereocenters. The van der Waals surface area contributed by atoms with Crippen LogP contribution in [0.4, 0.5) is 17.6 Å². The molecule has 0 aliphatic carbocycles. The predicted octanol–water partition coefficient (Wildman–Crippen LogP) is 4.15. The number of aliphatic hydroxyl groups is 1. The highest BCUT2D eigenvalue weighted by Gasteiger charge is 2.19. The largest absolute Gasteiger partial charge is 0.396 e. The summed E-state index contributed by atoms with van der Waals surface area (Å²) in [6, 6.07) is 6.06. The summed E-state index contributed by atoms with van der Waals surface area (Å²) in [4.78, 5) is 0.